The third-order valence-electron chi connectivity index (χ3n) is 7.13. The molecule has 1 aliphatic carbocycles. The summed E-state index contributed by atoms with van der Waals surface area (Å²) in [6, 6.07) is 6.72. The number of piperazine rings is 1. The number of fused-ring (bicyclic) bond motifs is 1. The molecule has 0 radical (unpaired) electrons. The van der Waals surface area contributed by atoms with E-state index >= 15 is 0 Å². The van der Waals surface area contributed by atoms with E-state index in [-0.39, 0.29) is 38.1 Å². The molecular formula is C28H38N6O7. The Morgan fingerprint density at radius 2 is 1.73 bits per heavy atom. The van der Waals surface area contributed by atoms with Crippen LogP contribution in [0, 0.1) is 0 Å². The molecule has 1 saturated heterocycles. The van der Waals surface area contributed by atoms with Crippen LogP contribution in [0.2, 0.25) is 0 Å². The number of aromatic nitrogens is 2. The lowest BCUT2D eigenvalue weighted by Gasteiger charge is -2.39. The van der Waals surface area contributed by atoms with Gasteiger partial charge < -0.3 is 30.1 Å². The lowest BCUT2D eigenvalue weighted by Crippen LogP contribution is -2.63. The molecular weight excluding hydrogens is 532 g/mol. The van der Waals surface area contributed by atoms with Gasteiger partial charge in [0.25, 0.3) is 5.91 Å². The van der Waals surface area contributed by atoms with Gasteiger partial charge in [-0.25, -0.2) is 14.4 Å². The number of anilines is 1. The van der Waals surface area contributed by atoms with Gasteiger partial charge in [0.2, 0.25) is 0 Å². The summed E-state index contributed by atoms with van der Waals surface area (Å²) in [6.07, 6.45) is 2.40. The number of aliphatic hydroxyl groups is 2. The molecule has 41 heavy (non-hydrogen) atoms. The van der Waals surface area contributed by atoms with Gasteiger partial charge in [-0.05, 0) is 76.3 Å². The van der Waals surface area contributed by atoms with Crippen LogP contribution in [0.1, 0.15) is 45.2 Å². The minimum Gasteiger partial charge on any atom is -0.444 e. The van der Waals surface area contributed by atoms with E-state index in [0.717, 1.165) is 17.5 Å². The van der Waals surface area contributed by atoms with Crippen molar-refractivity contribution in [3.63, 3.8) is 0 Å². The highest BCUT2D eigenvalue weighted by Crippen LogP contribution is 2.24. The number of hydrogen-bond acceptors (Lipinski definition) is 8. The van der Waals surface area contributed by atoms with Gasteiger partial charge in [0.15, 0.2) is 0 Å². The van der Waals surface area contributed by atoms with Gasteiger partial charge >= 0.3 is 17.8 Å². The van der Waals surface area contributed by atoms with E-state index < -0.39 is 41.5 Å². The minimum atomic E-state index is -1.58. The molecule has 0 saturated carbocycles. The van der Waals surface area contributed by atoms with Crippen LogP contribution in [0.25, 0.3) is 5.69 Å². The van der Waals surface area contributed by atoms with Crippen molar-refractivity contribution in [3.8, 4) is 5.69 Å². The summed E-state index contributed by atoms with van der Waals surface area (Å²) in [5.74, 6) is -0.389. The van der Waals surface area contributed by atoms with Crippen LogP contribution in [-0.2, 0) is 22.4 Å². The van der Waals surface area contributed by atoms with Crippen molar-refractivity contribution in [2.45, 2.75) is 64.2 Å². The molecule has 4 amide bonds. The monoisotopic (exact) mass is 570 g/mol. The number of ether oxygens (including phenoxy) is 1. The van der Waals surface area contributed by atoms with Crippen LogP contribution >= 0.6 is 0 Å². The largest absolute Gasteiger partial charge is 0.444 e. The van der Waals surface area contributed by atoms with E-state index in [1.807, 2.05) is 18.2 Å². The van der Waals surface area contributed by atoms with E-state index in [4.69, 9.17) is 4.74 Å². The van der Waals surface area contributed by atoms with Crippen molar-refractivity contribution in [2.75, 3.05) is 38.1 Å². The lowest BCUT2D eigenvalue weighted by molar-refractivity contribution is -0.140. The van der Waals surface area contributed by atoms with Crippen molar-refractivity contribution in [3.05, 3.63) is 52.1 Å². The maximum Gasteiger partial charge on any atom is 0.408 e. The number of aliphatic hydroxyl groups excluding tert-OH is 2. The molecule has 1 aromatic heterocycles. The number of nitrogens with zero attached hydrogens (tertiary/aromatic N) is 4. The molecule has 1 fully saturated rings. The smallest absolute Gasteiger partial charge is 0.408 e. The summed E-state index contributed by atoms with van der Waals surface area (Å²) in [6.45, 7) is 6.63. The van der Waals surface area contributed by atoms with Crippen LogP contribution < -0.4 is 16.3 Å². The normalized spacial score (nSPS) is 18.6. The summed E-state index contributed by atoms with van der Waals surface area (Å²) >= 11 is 0. The molecule has 2 atom stereocenters. The van der Waals surface area contributed by atoms with Gasteiger partial charge in [-0.3, -0.25) is 14.7 Å². The molecule has 2 aliphatic rings. The van der Waals surface area contributed by atoms with E-state index in [2.05, 4.69) is 15.6 Å². The summed E-state index contributed by atoms with van der Waals surface area (Å²) in [5.41, 5.74) is -0.0774. The first-order valence-corrected chi connectivity index (χ1v) is 13.7. The van der Waals surface area contributed by atoms with Crippen LogP contribution in [0.15, 0.2) is 35.3 Å². The molecule has 1 aliphatic heterocycles. The Hall–Kier alpha value is -3.97. The third-order valence-corrected chi connectivity index (χ3v) is 7.13. The van der Waals surface area contributed by atoms with Gasteiger partial charge in [0.05, 0.1) is 18.4 Å². The van der Waals surface area contributed by atoms with E-state index in [0.29, 0.717) is 18.5 Å². The Bertz CT molecular complexity index is 1360. The van der Waals surface area contributed by atoms with Gasteiger partial charge in [-0.1, -0.05) is 6.07 Å². The Morgan fingerprint density at radius 3 is 2.37 bits per heavy atom. The van der Waals surface area contributed by atoms with E-state index in [1.165, 1.54) is 27.4 Å². The Balaban J connectivity index is 1.33. The molecule has 1 unspecified atom stereocenters. The number of nitrogens with one attached hydrogen (secondary N) is 2. The fourth-order valence-corrected chi connectivity index (χ4v) is 4.88. The predicted molar refractivity (Wildman–Crippen MR) is 150 cm³/mol. The minimum absolute atomic E-state index is 0.102. The fourth-order valence-electron chi connectivity index (χ4n) is 4.88. The highest BCUT2D eigenvalue weighted by atomic mass is 16.6. The van der Waals surface area contributed by atoms with Crippen molar-refractivity contribution >= 4 is 23.8 Å². The van der Waals surface area contributed by atoms with Crippen LogP contribution in [-0.4, -0.2) is 97.6 Å². The second kappa shape index (κ2) is 11.9. The van der Waals surface area contributed by atoms with Crippen LogP contribution in [0.5, 0.6) is 0 Å². The number of alkyl carbamates (subject to hydrolysis) is 1. The molecule has 0 bridgehead atoms. The van der Waals surface area contributed by atoms with Crippen LogP contribution in [0.4, 0.5) is 15.4 Å². The summed E-state index contributed by atoms with van der Waals surface area (Å²) in [5, 5.41) is 24.8. The summed E-state index contributed by atoms with van der Waals surface area (Å²) in [4.78, 5) is 57.9. The fraction of sp³-hybridized carbons (Fsp3) is 0.536. The first kappa shape index (κ1) is 30.0. The van der Waals surface area contributed by atoms with Crippen molar-refractivity contribution in [2.24, 2.45) is 0 Å². The second-order valence-corrected chi connectivity index (χ2v) is 11.6. The predicted octanol–water partition coefficient (Wildman–Crippen LogP) is 1.03. The zero-order valence-electron chi connectivity index (χ0n) is 23.8. The molecule has 222 valence electrons. The number of carbonyl (C=O) groups excluding carboxylic acids is 3. The first-order chi connectivity index (χ1) is 19.3. The standard InChI is InChI=1S/C28H38N6O7/c1-27(2,3)41-26(40)31-28(4,17-35)23(37)32-11-13-33(14-12-32)24(38)29-22-9-10-34(25(39)30-22)20-7-5-19-16-21(36)8-6-18(19)15-20/h5,7,9-10,15,21,35-36H,6,8,11-14,16-17H2,1-4H3,(H,31,40)(H,29,30,38,39)/t21?,28-/m0/s1. The third kappa shape index (κ3) is 7.22. The number of hydrogen-bond donors (Lipinski definition) is 4. The number of rotatable bonds is 5. The Morgan fingerprint density at radius 1 is 1.05 bits per heavy atom. The first-order valence-electron chi connectivity index (χ1n) is 13.7. The van der Waals surface area contributed by atoms with Gasteiger partial charge in [0, 0.05) is 32.4 Å². The highest BCUT2D eigenvalue weighted by Gasteiger charge is 2.40. The average Bonchev–Trinajstić information content (AvgIpc) is 2.91. The molecule has 2 aromatic rings. The topological polar surface area (TPSA) is 166 Å². The van der Waals surface area contributed by atoms with Gasteiger partial charge in [-0.15, -0.1) is 0 Å². The van der Waals surface area contributed by atoms with Gasteiger partial charge in [0.1, 0.15) is 17.0 Å². The van der Waals surface area contributed by atoms with Crippen molar-refractivity contribution in [1.29, 1.82) is 0 Å². The molecule has 1 aromatic carbocycles. The highest BCUT2D eigenvalue weighted by molar-refractivity contribution is 5.91. The zero-order valence-corrected chi connectivity index (χ0v) is 23.8. The quantitative estimate of drug-likeness (QED) is 0.414. The molecule has 4 rings (SSSR count). The molecule has 2 heterocycles. The zero-order chi connectivity index (χ0) is 29.9. The number of urea groups is 1. The number of amides is 4. The Labute approximate surface area is 238 Å². The maximum absolute atomic E-state index is 13.1. The Kier molecular flexibility index (Phi) is 8.69. The average molecular weight is 571 g/mol. The number of benzene rings is 1. The maximum atomic E-state index is 13.1. The molecule has 13 heteroatoms. The molecule has 13 nitrogen and oxygen atoms in total. The lowest BCUT2D eigenvalue weighted by atomic mass is 9.89. The van der Waals surface area contributed by atoms with Crippen molar-refractivity contribution < 1.29 is 29.3 Å². The van der Waals surface area contributed by atoms with E-state index in [9.17, 15) is 29.4 Å². The summed E-state index contributed by atoms with van der Waals surface area (Å²) < 4.78 is 6.61. The van der Waals surface area contributed by atoms with Crippen molar-refractivity contribution in [1.82, 2.24) is 24.7 Å². The molecule has 0 spiro atoms. The number of aryl methyl sites for hydroxylation is 1. The second-order valence-electron chi connectivity index (χ2n) is 11.6. The SMILES string of the molecule is CC(C)(C)OC(=O)N[C@@](C)(CO)C(=O)N1CCN(C(=O)Nc2ccn(-c3ccc4c(c3)CCC(O)C4)c(=O)n2)CC1. The van der Waals surface area contributed by atoms with Crippen LogP contribution in [0.3, 0.4) is 0 Å². The number of carbonyl (C=O) groups is 3. The van der Waals surface area contributed by atoms with E-state index in [1.54, 1.807) is 27.0 Å². The summed E-state index contributed by atoms with van der Waals surface area (Å²) in [7, 11) is 0. The van der Waals surface area contributed by atoms with Gasteiger partial charge in [-0.2, -0.15) is 4.98 Å². The molecule has 4 N–H and O–H groups in total.